The minimum atomic E-state index is 0.479. The van der Waals surface area contributed by atoms with Crippen LogP contribution in [0.1, 0.15) is 46.5 Å². The van der Waals surface area contributed by atoms with Crippen molar-refractivity contribution in [2.24, 2.45) is 4.99 Å². The summed E-state index contributed by atoms with van der Waals surface area (Å²) in [4.78, 5) is 5.82. The molecule has 0 spiro atoms. The zero-order valence-corrected chi connectivity index (χ0v) is 10.7. The lowest BCUT2D eigenvalue weighted by atomic mass is 10.3. The summed E-state index contributed by atoms with van der Waals surface area (Å²) in [7, 11) is 0. The lowest BCUT2D eigenvalue weighted by Crippen LogP contribution is -2.34. The van der Waals surface area contributed by atoms with Gasteiger partial charge >= 0.3 is 6.02 Å². The highest BCUT2D eigenvalue weighted by atomic mass is 16.5. The van der Waals surface area contributed by atoms with Gasteiger partial charge in [-0.2, -0.15) is 5.26 Å². The average molecular weight is 225 g/mol. The molecule has 4 heteroatoms. The summed E-state index contributed by atoms with van der Waals surface area (Å²) in [5, 5.41) is 8.62. The van der Waals surface area contributed by atoms with Gasteiger partial charge in [-0.25, -0.2) is 0 Å². The second kappa shape index (κ2) is 10.3. The minimum Gasteiger partial charge on any atom is -0.465 e. The zero-order chi connectivity index (χ0) is 12.2. The third-order valence-electron chi connectivity index (χ3n) is 2.25. The molecule has 0 atom stereocenters. The predicted octanol–water partition coefficient (Wildman–Crippen LogP) is 2.76. The Hall–Kier alpha value is -1.24. The van der Waals surface area contributed by atoms with Crippen LogP contribution in [0.15, 0.2) is 4.99 Å². The Kier molecular flexibility index (Phi) is 9.49. The van der Waals surface area contributed by atoms with Crippen LogP contribution < -0.4 is 0 Å². The number of hydrogen-bond acceptors (Lipinski definition) is 3. The molecular weight excluding hydrogens is 202 g/mol. The standard InChI is InChI=1S/C12H23N3O/c1-4-7-9-15(10-8-5-2)12(14-11-13)16-6-3/h4-10H2,1-3H3. The van der Waals surface area contributed by atoms with Gasteiger partial charge in [-0.3, -0.25) is 0 Å². The summed E-state index contributed by atoms with van der Waals surface area (Å²) in [5.74, 6) is 0. The van der Waals surface area contributed by atoms with E-state index in [0.29, 0.717) is 12.6 Å². The van der Waals surface area contributed by atoms with Crippen LogP contribution in [0.3, 0.4) is 0 Å². The molecule has 0 fully saturated rings. The van der Waals surface area contributed by atoms with Crippen LogP contribution in [0.25, 0.3) is 0 Å². The molecule has 0 aromatic rings. The molecule has 0 aliphatic carbocycles. The van der Waals surface area contributed by atoms with Gasteiger partial charge in [0.1, 0.15) is 0 Å². The van der Waals surface area contributed by atoms with Crippen LogP contribution in [0.4, 0.5) is 0 Å². The van der Waals surface area contributed by atoms with E-state index in [4.69, 9.17) is 10.00 Å². The van der Waals surface area contributed by atoms with Gasteiger partial charge in [-0.1, -0.05) is 26.7 Å². The van der Waals surface area contributed by atoms with Gasteiger partial charge in [0.15, 0.2) is 0 Å². The molecule has 0 aromatic heterocycles. The summed E-state index contributed by atoms with van der Waals surface area (Å²) in [6.07, 6.45) is 6.27. The summed E-state index contributed by atoms with van der Waals surface area (Å²) in [5.41, 5.74) is 0. The Morgan fingerprint density at radius 3 is 2.12 bits per heavy atom. The number of nitriles is 1. The molecule has 4 nitrogen and oxygen atoms in total. The summed E-state index contributed by atoms with van der Waals surface area (Å²) in [6.45, 7) is 8.59. The summed E-state index contributed by atoms with van der Waals surface area (Å²) in [6, 6.07) is 0.479. The van der Waals surface area contributed by atoms with Gasteiger partial charge in [0, 0.05) is 13.1 Å². The first-order valence-corrected chi connectivity index (χ1v) is 6.14. The van der Waals surface area contributed by atoms with E-state index in [1.165, 1.54) is 0 Å². The number of rotatable bonds is 7. The highest BCUT2D eigenvalue weighted by Crippen LogP contribution is 2.02. The maximum Gasteiger partial charge on any atom is 0.302 e. The monoisotopic (exact) mass is 225 g/mol. The number of amidine groups is 1. The minimum absolute atomic E-state index is 0.479. The van der Waals surface area contributed by atoms with Gasteiger partial charge in [-0.05, 0) is 19.8 Å². The van der Waals surface area contributed by atoms with Crippen molar-refractivity contribution in [2.75, 3.05) is 19.7 Å². The van der Waals surface area contributed by atoms with Crippen molar-refractivity contribution in [3.63, 3.8) is 0 Å². The maximum atomic E-state index is 8.62. The van der Waals surface area contributed by atoms with Gasteiger partial charge in [-0.15, -0.1) is 4.99 Å². The number of ether oxygens (including phenoxy) is 1. The van der Waals surface area contributed by atoms with Gasteiger partial charge in [0.25, 0.3) is 0 Å². The van der Waals surface area contributed by atoms with E-state index < -0.39 is 0 Å². The predicted molar refractivity (Wildman–Crippen MR) is 66.1 cm³/mol. The van der Waals surface area contributed by atoms with Crippen LogP contribution in [0, 0.1) is 11.5 Å². The molecule has 0 radical (unpaired) electrons. The molecule has 0 N–H and O–H groups in total. The first kappa shape index (κ1) is 14.8. The maximum absolute atomic E-state index is 8.62. The Morgan fingerprint density at radius 2 is 1.75 bits per heavy atom. The van der Waals surface area contributed by atoms with Crippen molar-refractivity contribution < 1.29 is 4.74 Å². The molecule has 0 heterocycles. The topological polar surface area (TPSA) is 48.6 Å². The molecule has 0 amide bonds. The first-order chi connectivity index (χ1) is 7.79. The average Bonchev–Trinajstić information content (AvgIpc) is 2.29. The molecule has 0 aliphatic rings. The quantitative estimate of drug-likeness (QED) is 0.380. The third kappa shape index (κ3) is 6.28. The van der Waals surface area contributed by atoms with Crippen molar-refractivity contribution >= 4 is 6.02 Å². The molecule has 0 rings (SSSR count). The molecule has 0 aliphatic heterocycles. The molecule has 0 saturated heterocycles. The lowest BCUT2D eigenvalue weighted by molar-refractivity contribution is 0.239. The van der Waals surface area contributed by atoms with Crippen LogP contribution in [-0.2, 0) is 4.74 Å². The first-order valence-electron chi connectivity index (χ1n) is 6.14. The van der Waals surface area contributed by atoms with Crippen molar-refractivity contribution in [1.29, 1.82) is 5.26 Å². The highest BCUT2D eigenvalue weighted by Gasteiger charge is 2.11. The number of nitrogens with zero attached hydrogens (tertiary/aromatic N) is 3. The molecule has 0 saturated carbocycles. The van der Waals surface area contributed by atoms with Crippen LogP contribution >= 0.6 is 0 Å². The van der Waals surface area contributed by atoms with Crippen molar-refractivity contribution in [3.8, 4) is 6.19 Å². The number of unbranched alkanes of at least 4 members (excludes halogenated alkanes) is 2. The second-order valence-electron chi connectivity index (χ2n) is 3.62. The Bertz CT molecular complexity index is 225. The van der Waals surface area contributed by atoms with E-state index in [1.54, 1.807) is 0 Å². The van der Waals surface area contributed by atoms with Crippen LogP contribution in [0.5, 0.6) is 0 Å². The Labute approximate surface area is 98.9 Å². The van der Waals surface area contributed by atoms with Crippen LogP contribution in [-0.4, -0.2) is 30.6 Å². The molecule has 16 heavy (non-hydrogen) atoms. The molecule has 0 aromatic carbocycles. The van der Waals surface area contributed by atoms with Gasteiger partial charge in [0.05, 0.1) is 6.61 Å². The summed E-state index contributed by atoms with van der Waals surface area (Å²) >= 11 is 0. The van der Waals surface area contributed by atoms with E-state index in [1.807, 2.05) is 13.1 Å². The number of hydrogen-bond donors (Lipinski definition) is 0. The molecule has 92 valence electrons. The van der Waals surface area contributed by atoms with Gasteiger partial charge < -0.3 is 9.64 Å². The summed E-state index contributed by atoms with van der Waals surface area (Å²) < 4.78 is 5.39. The fraction of sp³-hybridized carbons (Fsp3) is 0.833. The fourth-order valence-electron chi connectivity index (χ4n) is 1.37. The molecule has 0 unspecified atom stereocenters. The largest absolute Gasteiger partial charge is 0.465 e. The van der Waals surface area contributed by atoms with E-state index >= 15 is 0 Å². The smallest absolute Gasteiger partial charge is 0.302 e. The fourth-order valence-corrected chi connectivity index (χ4v) is 1.37. The van der Waals surface area contributed by atoms with E-state index in [0.717, 1.165) is 38.8 Å². The SMILES string of the molecule is CCCCN(CCCC)C(=NC#N)OCC. The van der Waals surface area contributed by atoms with Crippen molar-refractivity contribution in [1.82, 2.24) is 4.90 Å². The normalized spacial score (nSPS) is 11.0. The molecule has 0 bridgehead atoms. The van der Waals surface area contributed by atoms with Gasteiger partial charge in [0.2, 0.25) is 6.19 Å². The highest BCUT2D eigenvalue weighted by molar-refractivity contribution is 5.74. The van der Waals surface area contributed by atoms with Crippen LogP contribution in [0.2, 0.25) is 0 Å². The van der Waals surface area contributed by atoms with E-state index in [2.05, 4.69) is 23.7 Å². The Morgan fingerprint density at radius 1 is 1.19 bits per heavy atom. The number of aliphatic imine (C=N–C) groups is 1. The second-order valence-corrected chi connectivity index (χ2v) is 3.62. The zero-order valence-electron chi connectivity index (χ0n) is 10.7. The van der Waals surface area contributed by atoms with E-state index in [-0.39, 0.29) is 0 Å². The van der Waals surface area contributed by atoms with Crippen molar-refractivity contribution in [3.05, 3.63) is 0 Å². The molecular formula is C12H23N3O. The lowest BCUT2D eigenvalue weighted by Gasteiger charge is -2.24. The Balaban J connectivity index is 4.41. The van der Waals surface area contributed by atoms with E-state index in [9.17, 15) is 0 Å². The third-order valence-corrected chi connectivity index (χ3v) is 2.25. The van der Waals surface area contributed by atoms with Crippen molar-refractivity contribution in [2.45, 2.75) is 46.5 Å².